The smallest absolute Gasteiger partial charge is 0.321 e. The molecule has 31 heavy (non-hydrogen) atoms. The number of anilines is 2. The zero-order chi connectivity index (χ0) is 22.0. The fourth-order valence-corrected chi connectivity index (χ4v) is 4.15. The summed E-state index contributed by atoms with van der Waals surface area (Å²) in [6.45, 7) is 4.00. The number of aryl methyl sites for hydroxylation is 2. The number of amides is 3. The van der Waals surface area contributed by atoms with Gasteiger partial charge in [-0.3, -0.25) is 10.1 Å². The zero-order valence-corrected chi connectivity index (χ0v) is 18.4. The number of fused-ring (bicyclic) bond motifs is 1. The van der Waals surface area contributed by atoms with Crippen LogP contribution in [0.5, 0.6) is 0 Å². The molecular weight excluding hydrogens is 436 g/mol. The highest BCUT2D eigenvalue weighted by Gasteiger charge is 2.14. The van der Waals surface area contributed by atoms with Crippen LogP contribution in [0.3, 0.4) is 0 Å². The molecule has 0 saturated heterocycles. The van der Waals surface area contributed by atoms with E-state index < -0.39 is 0 Å². The Balaban J connectivity index is 1.44. The fraction of sp³-hybridized carbons (Fsp3) is 0.136. The Morgan fingerprint density at radius 3 is 2.68 bits per heavy atom. The molecule has 3 N–H and O–H groups in total. The van der Waals surface area contributed by atoms with Crippen molar-refractivity contribution in [1.29, 1.82) is 0 Å². The van der Waals surface area contributed by atoms with Crippen LogP contribution in [0, 0.1) is 13.8 Å². The van der Waals surface area contributed by atoms with Gasteiger partial charge in [0.15, 0.2) is 5.13 Å². The van der Waals surface area contributed by atoms with Crippen molar-refractivity contribution < 1.29 is 14.0 Å². The first-order valence-electron chi connectivity index (χ1n) is 9.46. The van der Waals surface area contributed by atoms with E-state index in [0.717, 1.165) is 16.0 Å². The molecular formula is C22H19ClN4O3S. The summed E-state index contributed by atoms with van der Waals surface area (Å²) in [5.74, 6) is 1.18. The highest BCUT2D eigenvalue weighted by Crippen LogP contribution is 2.29. The summed E-state index contributed by atoms with van der Waals surface area (Å²) in [6, 6.07) is 13.9. The molecule has 0 radical (unpaired) electrons. The molecule has 0 aliphatic heterocycles. The van der Waals surface area contributed by atoms with Gasteiger partial charge in [-0.25, -0.2) is 9.78 Å². The third-order valence-electron chi connectivity index (χ3n) is 4.55. The monoisotopic (exact) mass is 454 g/mol. The quantitative estimate of drug-likeness (QED) is 0.358. The minimum absolute atomic E-state index is 0.271. The number of aromatic nitrogens is 1. The van der Waals surface area contributed by atoms with Crippen molar-refractivity contribution in [2.75, 3.05) is 10.6 Å². The maximum Gasteiger partial charge on any atom is 0.321 e. The fourth-order valence-electron chi connectivity index (χ4n) is 2.98. The summed E-state index contributed by atoms with van der Waals surface area (Å²) in [5, 5.41) is 9.20. The molecule has 0 aliphatic carbocycles. The molecule has 0 atom stereocenters. The van der Waals surface area contributed by atoms with E-state index in [1.165, 1.54) is 11.3 Å². The molecule has 0 fully saturated rings. The van der Waals surface area contributed by atoms with Gasteiger partial charge in [-0.1, -0.05) is 35.1 Å². The number of furan rings is 1. The van der Waals surface area contributed by atoms with Crippen LogP contribution in [0.4, 0.5) is 15.6 Å². The van der Waals surface area contributed by atoms with Gasteiger partial charge in [0.05, 0.1) is 27.5 Å². The maximum absolute atomic E-state index is 12.7. The van der Waals surface area contributed by atoms with Crippen molar-refractivity contribution in [2.24, 2.45) is 0 Å². The van der Waals surface area contributed by atoms with Gasteiger partial charge in [0.1, 0.15) is 11.5 Å². The van der Waals surface area contributed by atoms with Gasteiger partial charge in [-0.05, 0) is 55.8 Å². The average Bonchev–Trinajstić information content (AvgIpc) is 3.33. The molecule has 2 aromatic carbocycles. The minimum Gasteiger partial charge on any atom is -0.465 e. The first kappa shape index (κ1) is 20.9. The lowest BCUT2D eigenvalue weighted by molar-refractivity contribution is 0.102. The lowest BCUT2D eigenvalue weighted by Gasteiger charge is -2.10. The Kier molecular flexibility index (Phi) is 5.92. The van der Waals surface area contributed by atoms with Gasteiger partial charge < -0.3 is 15.1 Å². The predicted octanol–water partition coefficient (Wildman–Crippen LogP) is 5.73. The van der Waals surface area contributed by atoms with E-state index >= 15 is 0 Å². The second kappa shape index (κ2) is 8.79. The summed E-state index contributed by atoms with van der Waals surface area (Å²) in [6.07, 6.45) is 0. The van der Waals surface area contributed by atoms with E-state index in [9.17, 15) is 9.59 Å². The second-order valence-corrected chi connectivity index (χ2v) is 8.35. The summed E-state index contributed by atoms with van der Waals surface area (Å²) in [4.78, 5) is 29.2. The SMILES string of the molecule is Cc1ccc(CNC(=O)Nc2nc3ccc(C(=O)Nc4c(C)cccc4Cl)cc3s2)o1. The number of halogens is 1. The van der Waals surface area contributed by atoms with E-state index in [-0.39, 0.29) is 18.5 Å². The summed E-state index contributed by atoms with van der Waals surface area (Å²) in [5.41, 5.74) is 2.62. The number of benzene rings is 2. The average molecular weight is 455 g/mol. The molecule has 9 heteroatoms. The van der Waals surface area contributed by atoms with Crippen LogP contribution in [0.25, 0.3) is 10.2 Å². The molecule has 4 aromatic rings. The first-order valence-corrected chi connectivity index (χ1v) is 10.7. The van der Waals surface area contributed by atoms with Crippen LogP contribution in [0.2, 0.25) is 5.02 Å². The van der Waals surface area contributed by atoms with Crippen LogP contribution in [-0.2, 0) is 6.54 Å². The highest BCUT2D eigenvalue weighted by molar-refractivity contribution is 7.22. The standard InChI is InChI=1S/C22H19ClN4O3S/c1-12-4-3-5-16(23)19(12)26-20(28)14-7-9-17-18(10-14)31-22(25-17)27-21(29)24-11-15-8-6-13(2)30-15/h3-10H,11H2,1-2H3,(H,26,28)(H2,24,25,27,29). The Hall–Kier alpha value is -3.36. The van der Waals surface area contributed by atoms with Crippen molar-refractivity contribution in [3.63, 3.8) is 0 Å². The van der Waals surface area contributed by atoms with Gasteiger partial charge in [-0.15, -0.1) is 0 Å². The van der Waals surface area contributed by atoms with Crippen molar-refractivity contribution in [3.8, 4) is 0 Å². The zero-order valence-electron chi connectivity index (χ0n) is 16.8. The van der Waals surface area contributed by atoms with E-state index in [1.54, 1.807) is 24.3 Å². The van der Waals surface area contributed by atoms with Crippen LogP contribution >= 0.6 is 22.9 Å². The Morgan fingerprint density at radius 2 is 1.94 bits per heavy atom. The van der Waals surface area contributed by atoms with Gasteiger partial charge in [0.25, 0.3) is 5.91 Å². The number of nitrogens with zero attached hydrogens (tertiary/aromatic N) is 1. The highest BCUT2D eigenvalue weighted by atomic mass is 35.5. The van der Waals surface area contributed by atoms with Crippen molar-refractivity contribution in [3.05, 3.63) is 76.2 Å². The molecule has 0 saturated carbocycles. The summed E-state index contributed by atoms with van der Waals surface area (Å²) in [7, 11) is 0. The Bertz CT molecular complexity index is 1260. The number of carbonyl (C=O) groups is 2. The third kappa shape index (κ3) is 4.87. The van der Waals surface area contributed by atoms with Gasteiger partial charge in [0.2, 0.25) is 0 Å². The van der Waals surface area contributed by atoms with E-state index in [1.807, 2.05) is 38.1 Å². The number of urea groups is 1. The molecule has 158 valence electrons. The topological polar surface area (TPSA) is 96.3 Å². The number of rotatable bonds is 5. The number of para-hydroxylation sites is 1. The van der Waals surface area contributed by atoms with Crippen LogP contribution in [-0.4, -0.2) is 16.9 Å². The molecule has 3 amide bonds. The number of thiazole rings is 1. The second-order valence-electron chi connectivity index (χ2n) is 6.91. The molecule has 0 unspecified atom stereocenters. The molecule has 4 rings (SSSR count). The van der Waals surface area contributed by atoms with Gasteiger partial charge >= 0.3 is 6.03 Å². The Morgan fingerprint density at radius 1 is 1.10 bits per heavy atom. The van der Waals surface area contributed by atoms with Crippen LogP contribution in [0.1, 0.15) is 27.4 Å². The molecule has 0 aliphatic rings. The largest absolute Gasteiger partial charge is 0.465 e. The number of carbonyl (C=O) groups excluding carboxylic acids is 2. The predicted molar refractivity (Wildman–Crippen MR) is 123 cm³/mol. The first-order chi connectivity index (χ1) is 14.9. The summed E-state index contributed by atoms with van der Waals surface area (Å²) >= 11 is 7.48. The van der Waals surface area contributed by atoms with Crippen LogP contribution < -0.4 is 16.0 Å². The molecule has 2 aromatic heterocycles. The van der Waals surface area contributed by atoms with Gasteiger partial charge in [0, 0.05) is 5.56 Å². The number of hydrogen-bond donors (Lipinski definition) is 3. The van der Waals surface area contributed by atoms with Crippen molar-refractivity contribution in [1.82, 2.24) is 10.3 Å². The van der Waals surface area contributed by atoms with Crippen LogP contribution in [0.15, 0.2) is 52.9 Å². The third-order valence-corrected chi connectivity index (χ3v) is 5.80. The maximum atomic E-state index is 12.7. The van der Waals surface area contributed by atoms with E-state index in [2.05, 4.69) is 20.9 Å². The minimum atomic E-state index is -0.389. The lowest BCUT2D eigenvalue weighted by atomic mass is 10.1. The molecule has 2 heterocycles. The van der Waals surface area contributed by atoms with Gasteiger partial charge in [-0.2, -0.15) is 0 Å². The number of hydrogen-bond acceptors (Lipinski definition) is 5. The van der Waals surface area contributed by atoms with Crippen molar-refractivity contribution >= 4 is 55.9 Å². The number of nitrogens with one attached hydrogen (secondary N) is 3. The lowest BCUT2D eigenvalue weighted by Crippen LogP contribution is -2.27. The van der Waals surface area contributed by atoms with Crippen molar-refractivity contribution in [2.45, 2.75) is 20.4 Å². The Labute approximate surface area is 187 Å². The molecule has 0 spiro atoms. The normalized spacial score (nSPS) is 10.8. The van der Waals surface area contributed by atoms with E-state index in [4.69, 9.17) is 16.0 Å². The summed E-state index contributed by atoms with van der Waals surface area (Å²) < 4.78 is 6.20. The van der Waals surface area contributed by atoms with E-state index in [0.29, 0.717) is 32.7 Å². The molecule has 7 nitrogen and oxygen atoms in total. The molecule has 0 bridgehead atoms.